The van der Waals surface area contributed by atoms with E-state index >= 15 is 0 Å². The molecule has 0 radical (unpaired) electrons. The Hall–Kier alpha value is -1.11. The van der Waals surface area contributed by atoms with Gasteiger partial charge in [-0.1, -0.05) is 0 Å². The Morgan fingerprint density at radius 1 is 0.933 bits per heavy atom. The molecule has 0 aliphatic carbocycles. The zero-order chi connectivity index (χ0) is 11.6. The molecule has 1 aliphatic heterocycles. The monoisotopic (exact) mass is 236 g/mol. The molecule has 6 nitrogen and oxygen atoms in total. The Balaban J connectivity index is 2.93. The summed E-state index contributed by atoms with van der Waals surface area (Å²) in [5.74, 6) is -5.15. The molecule has 0 aromatic rings. The summed E-state index contributed by atoms with van der Waals surface area (Å²) in [6, 6.07) is 0. The Bertz CT molecular complexity index is 341. The molecule has 0 aromatic heterocycles. The molecular formula is C8H12O6S. The second-order valence-electron chi connectivity index (χ2n) is 3.62. The van der Waals surface area contributed by atoms with Crippen LogP contribution >= 0.6 is 0 Å². The summed E-state index contributed by atoms with van der Waals surface area (Å²) in [6.45, 7) is 0. The molecule has 0 spiro atoms. The van der Waals surface area contributed by atoms with E-state index in [4.69, 9.17) is 10.2 Å². The van der Waals surface area contributed by atoms with E-state index in [-0.39, 0.29) is 24.3 Å². The molecule has 2 N–H and O–H groups in total. The highest BCUT2D eigenvalue weighted by atomic mass is 32.2. The first-order valence-electron chi connectivity index (χ1n) is 4.49. The highest BCUT2D eigenvalue weighted by Crippen LogP contribution is 2.25. The fraction of sp³-hybridized carbons (Fsp3) is 0.750. The predicted octanol–water partition coefficient (Wildman–Crippen LogP) is -0.403. The first-order chi connectivity index (χ1) is 6.83. The molecule has 1 aliphatic rings. The van der Waals surface area contributed by atoms with Gasteiger partial charge in [0.2, 0.25) is 0 Å². The van der Waals surface area contributed by atoms with Crippen molar-refractivity contribution in [2.75, 3.05) is 11.5 Å². The second kappa shape index (κ2) is 4.18. The van der Waals surface area contributed by atoms with E-state index in [0.29, 0.717) is 0 Å². The predicted molar refractivity (Wildman–Crippen MR) is 50.1 cm³/mol. The van der Waals surface area contributed by atoms with Gasteiger partial charge in [-0.05, 0) is 12.8 Å². The van der Waals surface area contributed by atoms with Crippen molar-refractivity contribution in [1.82, 2.24) is 0 Å². The lowest BCUT2D eigenvalue weighted by Crippen LogP contribution is -2.29. The molecular weight excluding hydrogens is 224 g/mol. The van der Waals surface area contributed by atoms with Gasteiger partial charge in [0.15, 0.2) is 0 Å². The fourth-order valence-electron chi connectivity index (χ4n) is 1.71. The van der Waals surface area contributed by atoms with Gasteiger partial charge >= 0.3 is 11.9 Å². The van der Waals surface area contributed by atoms with Crippen LogP contribution in [-0.2, 0) is 19.4 Å². The fourth-order valence-corrected chi connectivity index (χ4v) is 3.14. The van der Waals surface area contributed by atoms with Crippen molar-refractivity contribution in [3.8, 4) is 0 Å². The van der Waals surface area contributed by atoms with Crippen LogP contribution in [0.3, 0.4) is 0 Å². The molecule has 1 heterocycles. The molecule has 15 heavy (non-hydrogen) atoms. The van der Waals surface area contributed by atoms with Gasteiger partial charge in [-0.2, -0.15) is 0 Å². The molecule has 0 saturated carbocycles. The Kier molecular flexibility index (Phi) is 3.33. The van der Waals surface area contributed by atoms with Gasteiger partial charge in [0.25, 0.3) is 0 Å². The lowest BCUT2D eigenvalue weighted by atomic mass is 9.88. The lowest BCUT2D eigenvalue weighted by molar-refractivity contribution is -0.153. The van der Waals surface area contributed by atoms with Crippen LogP contribution in [0.4, 0.5) is 0 Å². The summed E-state index contributed by atoms with van der Waals surface area (Å²) in [7, 11) is -3.28. The number of aliphatic carboxylic acids is 2. The summed E-state index contributed by atoms with van der Waals surface area (Å²) in [6.07, 6.45) is -0.233. The molecule has 0 unspecified atom stereocenters. The number of hydrogen-bond donors (Lipinski definition) is 2. The highest BCUT2D eigenvalue weighted by Gasteiger charge is 2.37. The van der Waals surface area contributed by atoms with E-state index in [2.05, 4.69) is 0 Å². The van der Waals surface area contributed by atoms with Crippen LogP contribution in [0, 0.1) is 11.8 Å². The van der Waals surface area contributed by atoms with Gasteiger partial charge in [-0.25, -0.2) is 8.42 Å². The largest absolute Gasteiger partial charge is 0.481 e. The maximum absolute atomic E-state index is 11.2. The van der Waals surface area contributed by atoms with Crippen molar-refractivity contribution in [1.29, 1.82) is 0 Å². The molecule has 1 rings (SSSR count). The first kappa shape index (κ1) is 12.0. The summed E-state index contributed by atoms with van der Waals surface area (Å²) in [5, 5.41) is 17.6. The van der Waals surface area contributed by atoms with Gasteiger partial charge < -0.3 is 10.2 Å². The summed E-state index contributed by atoms with van der Waals surface area (Å²) in [5.41, 5.74) is 0. The number of hydrogen-bond acceptors (Lipinski definition) is 4. The summed E-state index contributed by atoms with van der Waals surface area (Å²) < 4.78 is 22.4. The van der Waals surface area contributed by atoms with E-state index in [9.17, 15) is 18.0 Å². The van der Waals surface area contributed by atoms with Crippen molar-refractivity contribution in [2.45, 2.75) is 12.8 Å². The molecule has 7 heteroatoms. The third-order valence-electron chi connectivity index (χ3n) is 2.60. The molecule has 86 valence electrons. The highest BCUT2D eigenvalue weighted by molar-refractivity contribution is 7.91. The maximum atomic E-state index is 11.2. The van der Waals surface area contributed by atoms with Crippen molar-refractivity contribution < 1.29 is 28.2 Å². The van der Waals surface area contributed by atoms with Gasteiger partial charge in [-0.15, -0.1) is 0 Å². The van der Waals surface area contributed by atoms with Gasteiger partial charge in [0.1, 0.15) is 9.84 Å². The van der Waals surface area contributed by atoms with Crippen LogP contribution in [0.5, 0.6) is 0 Å². The number of rotatable bonds is 2. The number of carbonyl (C=O) groups is 2. The Morgan fingerprint density at radius 3 is 1.53 bits per heavy atom. The van der Waals surface area contributed by atoms with E-state index in [1.54, 1.807) is 0 Å². The molecule has 1 fully saturated rings. The SMILES string of the molecule is O=C(O)[C@H]1CCS(=O)(=O)CC[C@H]1C(=O)O. The first-order valence-corrected chi connectivity index (χ1v) is 6.31. The minimum absolute atomic E-state index is 0.116. The van der Waals surface area contributed by atoms with Crippen LogP contribution in [0.15, 0.2) is 0 Å². The minimum atomic E-state index is -3.28. The van der Waals surface area contributed by atoms with Crippen molar-refractivity contribution >= 4 is 21.8 Å². The van der Waals surface area contributed by atoms with Crippen molar-refractivity contribution in [3.05, 3.63) is 0 Å². The van der Waals surface area contributed by atoms with Crippen LogP contribution in [0.1, 0.15) is 12.8 Å². The molecule has 0 bridgehead atoms. The van der Waals surface area contributed by atoms with E-state index in [1.807, 2.05) is 0 Å². The van der Waals surface area contributed by atoms with Crippen molar-refractivity contribution in [3.63, 3.8) is 0 Å². The summed E-state index contributed by atoms with van der Waals surface area (Å²) >= 11 is 0. The van der Waals surface area contributed by atoms with Gasteiger partial charge in [-0.3, -0.25) is 9.59 Å². The molecule has 0 aromatic carbocycles. The zero-order valence-electron chi connectivity index (χ0n) is 7.92. The average Bonchev–Trinajstić information content (AvgIpc) is 2.23. The minimum Gasteiger partial charge on any atom is -0.481 e. The summed E-state index contributed by atoms with van der Waals surface area (Å²) in [4.78, 5) is 21.5. The zero-order valence-corrected chi connectivity index (χ0v) is 8.74. The van der Waals surface area contributed by atoms with Crippen LogP contribution < -0.4 is 0 Å². The lowest BCUT2D eigenvalue weighted by Gasteiger charge is -2.15. The van der Waals surface area contributed by atoms with Gasteiger partial charge in [0.05, 0.1) is 23.3 Å². The normalized spacial score (nSPS) is 30.4. The second-order valence-corrected chi connectivity index (χ2v) is 5.92. The topological polar surface area (TPSA) is 109 Å². The standard InChI is InChI=1S/C8H12O6S/c9-7(10)5-1-3-15(13,14)4-2-6(5)8(11)12/h5-6H,1-4H2,(H,9,10)(H,11,12)/t5-,6+. The third-order valence-corrected chi connectivity index (χ3v) is 4.32. The Morgan fingerprint density at radius 2 is 1.27 bits per heavy atom. The van der Waals surface area contributed by atoms with Crippen LogP contribution in [0.2, 0.25) is 0 Å². The van der Waals surface area contributed by atoms with E-state index in [1.165, 1.54) is 0 Å². The van der Waals surface area contributed by atoms with Crippen LogP contribution in [0.25, 0.3) is 0 Å². The molecule has 2 atom stereocenters. The van der Waals surface area contributed by atoms with Crippen molar-refractivity contribution in [2.24, 2.45) is 11.8 Å². The quantitative estimate of drug-likeness (QED) is 0.675. The maximum Gasteiger partial charge on any atom is 0.307 e. The molecule has 0 amide bonds. The smallest absolute Gasteiger partial charge is 0.307 e. The number of sulfone groups is 1. The average molecular weight is 236 g/mol. The van der Waals surface area contributed by atoms with Gasteiger partial charge in [0, 0.05) is 0 Å². The number of carboxylic acid groups (broad SMARTS) is 2. The Labute approximate surface area is 86.8 Å². The molecule has 1 saturated heterocycles. The third kappa shape index (κ3) is 2.92. The van der Waals surface area contributed by atoms with E-state index < -0.39 is 33.6 Å². The van der Waals surface area contributed by atoms with Crippen LogP contribution in [-0.4, -0.2) is 42.1 Å². The number of carboxylic acids is 2. The van der Waals surface area contributed by atoms with E-state index in [0.717, 1.165) is 0 Å².